The summed E-state index contributed by atoms with van der Waals surface area (Å²) in [5, 5.41) is 4.10. The molecule has 0 saturated carbocycles. The van der Waals surface area contributed by atoms with E-state index in [-0.39, 0.29) is 4.90 Å². The third-order valence-electron chi connectivity index (χ3n) is 2.34. The summed E-state index contributed by atoms with van der Waals surface area (Å²) in [6, 6.07) is 6.37. The van der Waals surface area contributed by atoms with E-state index in [0.717, 1.165) is 5.56 Å². The summed E-state index contributed by atoms with van der Waals surface area (Å²) in [5.74, 6) is 0.789. The highest BCUT2D eigenvalue weighted by Crippen LogP contribution is 2.18. The molecule has 1 heterocycles. The molecule has 2 N–H and O–H groups in total. The van der Waals surface area contributed by atoms with Crippen LogP contribution in [0.1, 0.15) is 0 Å². The summed E-state index contributed by atoms with van der Waals surface area (Å²) in [6.07, 6.45) is 1.17. The minimum atomic E-state index is -3.18. The summed E-state index contributed by atoms with van der Waals surface area (Å²) in [7, 11) is -1.48. The number of nitrogens with zero attached hydrogens (tertiary/aromatic N) is 3. The van der Waals surface area contributed by atoms with Crippen molar-refractivity contribution in [2.24, 2.45) is 7.05 Å². The fraction of sp³-hybridized carbons (Fsp3) is 0.200. The predicted molar refractivity (Wildman–Crippen MR) is 64.0 cm³/mol. The van der Waals surface area contributed by atoms with Crippen LogP contribution < -0.4 is 5.73 Å². The van der Waals surface area contributed by atoms with Gasteiger partial charge < -0.3 is 5.73 Å². The Kier molecular flexibility index (Phi) is 2.62. The van der Waals surface area contributed by atoms with Gasteiger partial charge >= 0.3 is 0 Å². The number of anilines is 1. The normalized spacial score (nSPS) is 11.6. The van der Waals surface area contributed by atoms with E-state index in [9.17, 15) is 8.42 Å². The van der Waals surface area contributed by atoms with Gasteiger partial charge in [-0.3, -0.25) is 0 Å². The summed E-state index contributed by atoms with van der Waals surface area (Å²) in [6.45, 7) is 0. The van der Waals surface area contributed by atoms with Crippen LogP contribution >= 0.6 is 0 Å². The first-order valence-electron chi connectivity index (χ1n) is 4.85. The van der Waals surface area contributed by atoms with Gasteiger partial charge in [0.1, 0.15) is 0 Å². The smallest absolute Gasteiger partial charge is 0.218 e. The lowest BCUT2D eigenvalue weighted by molar-refractivity contribution is 0.602. The third kappa shape index (κ3) is 2.28. The van der Waals surface area contributed by atoms with Gasteiger partial charge in [0.05, 0.1) is 4.90 Å². The van der Waals surface area contributed by atoms with Crippen LogP contribution in [0.4, 0.5) is 5.95 Å². The Morgan fingerprint density at radius 3 is 2.24 bits per heavy atom. The van der Waals surface area contributed by atoms with Crippen LogP contribution in [0, 0.1) is 0 Å². The molecule has 1 aromatic heterocycles. The first kappa shape index (κ1) is 11.6. The summed E-state index contributed by atoms with van der Waals surface area (Å²) < 4.78 is 24.0. The van der Waals surface area contributed by atoms with E-state index in [2.05, 4.69) is 10.1 Å². The number of nitrogen functional groups attached to an aromatic ring is 1. The van der Waals surface area contributed by atoms with Gasteiger partial charge in [0.15, 0.2) is 15.7 Å². The van der Waals surface area contributed by atoms with Gasteiger partial charge in [-0.25, -0.2) is 13.1 Å². The summed E-state index contributed by atoms with van der Waals surface area (Å²) >= 11 is 0. The molecule has 0 amide bonds. The van der Waals surface area contributed by atoms with Crippen molar-refractivity contribution in [2.75, 3.05) is 12.0 Å². The Hall–Kier alpha value is -1.89. The minimum Gasteiger partial charge on any atom is -0.368 e. The largest absolute Gasteiger partial charge is 0.368 e. The molecule has 0 unspecified atom stereocenters. The van der Waals surface area contributed by atoms with Crippen LogP contribution in [-0.2, 0) is 16.9 Å². The second-order valence-corrected chi connectivity index (χ2v) is 5.73. The highest BCUT2D eigenvalue weighted by molar-refractivity contribution is 7.90. The molecule has 17 heavy (non-hydrogen) atoms. The average Bonchev–Trinajstić information content (AvgIpc) is 2.58. The Morgan fingerprint density at radius 2 is 1.82 bits per heavy atom. The maximum Gasteiger partial charge on any atom is 0.218 e. The number of aryl methyl sites for hydroxylation is 1. The molecule has 90 valence electrons. The molecular formula is C10H12N4O2S. The van der Waals surface area contributed by atoms with E-state index < -0.39 is 9.84 Å². The van der Waals surface area contributed by atoms with E-state index in [1.54, 1.807) is 19.2 Å². The lowest BCUT2D eigenvalue weighted by Crippen LogP contribution is -1.97. The van der Waals surface area contributed by atoms with Crippen molar-refractivity contribution in [2.45, 2.75) is 4.90 Å². The maximum absolute atomic E-state index is 11.3. The Balaban J connectivity index is 2.42. The first-order chi connectivity index (χ1) is 7.88. The third-order valence-corrected chi connectivity index (χ3v) is 3.47. The maximum atomic E-state index is 11.3. The molecule has 2 aromatic rings. The highest BCUT2D eigenvalue weighted by Gasteiger charge is 2.09. The van der Waals surface area contributed by atoms with Gasteiger partial charge in [-0.2, -0.15) is 4.98 Å². The van der Waals surface area contributed by atoms with Crippen LogP contribution in [0.5, 0.6) is 0 Å². The molecule has 0 aliphatic rings. The van der Waals surface area contributed by atoms with E-state index in [1.807, 2.05) is 0 Å². The van der Waals surface area contributed by atoms with Crippen molar-refractivity contribution in [3.63, 3.8) is 0 Å². The fourth-order valence-electron chi connectivity index (χ4n) is 1.37. The second-order valence-electron chi connectivity index (χ2n) is 3.71. The van der Waals surface area contributed by atoms with Crippen molar-refractivity contribution >= 4 is 15.8 Å². The molecule has 0 spiro atoms. The fourth-order valence-corrected chi connectivity index (χ4v) is 2.00. The van der Waals surface area contributed by atoms with Gasteiger partial charge in [0, 0.05) is 18.9 Å². The molecule has 7 heteroatoms. The molecule has 0 aliphatic heterocycles. The second kappa shape index (κ2) is 3.85. The standard InChI is InChI=1S/C10H12N4O2S/c1-14-10(11)12-9(13-14)7-3-5-8(6-4-7)17(2,15)16/h3-6H,1-2H3,(H2,11,12,13). The highest BCUT2D eigenvalue weighted by atomic mass is 32.2. The predicted octanol–water partition coefficient (Wildman–Crippen LogP) is 0.468. The van der Waals surface area contributed by atoms with Crippen molar-refractivity contribution in [1.29, 1.82) is 0 Å². The van der Waals surface area contributed by atoms with Crippen molar-refractivity contribution in [1.82, 2.24) is 14.8 Å². The molecule has 0 bridgehead atoms. The molecule has 0 saturated heterocycles. The number of nitrogens with two attached hydrogens (primary N) is 1. The van der Waals surface area contributed by atoms with E-state index in [4.69, 9.17) is 5.73 Å². The van der Waals surface area contributed by atoms with Crippen molar-refractivity contribution in [3.05, 3.63) is 24.3 Å². The number of rotatable bonds is 2. The first-order valence-corrected chi connectivity index (χ1v) is 6.74. The van der Waals surface area contributed by atoms with Gasteiger partial charge in [0.25, 0.3) is 0 Å². The SMILES string of the molecule is Cn1nc(-c2ccc(S(C)(=O)=O)cc2)nc1N. The van der Waals surface area contributed by atoms with Crippen molar-refractivity contribution in [3.8, 4) is 11.4 Å². The van der Waals surface area contributed by atoms with E-state index >= 15 is 0 Å². The average molecular weight is 252 g/mol. The number of aromatic nitrogens is 3. The molecule has 0 atom stereocenters. The molecule has 0 radical (unpaired) electrons. The van der Waals surface area contributed by atoms with Crippen LogP contribution in [0.25, 0.3) is 11.4 Å². The summed E-state index contributed by atoms with van der Waals surface area (Å²) in [4.78, 5) is 4.32. The lowest BCUT2D eigenvalue weighted by atomic mass is 10.2. The Morgan fingerprint density at radius 1 is 1.24 bits per heavy atom. The van der Waals surface area contributed by atoms with Gasteiger partial charge in [0.2, 0.25) is 5.95 Å². The number of hydrogen-bond acceptors (Lipinski definition) is 5. The Bertz CT molecular complexity index is 624. The molecule has 1 aromatic carbocycles. The van der Waals surface area contributed by atoms with Crippen LogP contribution in [0.15, 0.2) is 29.2 Å². The lowest BCUT2D eigenvalue weighted by Gasteiger charge is -1.99. The molecule has 0 fully saturated rings. The van der Waals surface area contributed by atoms with Crippen molar-refractivity contribution < 1.29 is 8.42 Å². The molecule has 2 rings (SSSR count). The topological polar surface area (TPSA) is 90.9 Å². The number of benzene rings is 1. The quantitative estimate of drug-likeness (QED) is 0.838. The number of hydrogen-bond donors (Lipinski definition) is 1. The van der Waals surface area contributed by atoms with E-state index in [0.29, 0.717) is 11.8 Å². The Labute approximate surface area is 99.0 Å². The zero-order valence-corrected chi connectivity index (χ0v) is 10.3. The molecule has 0 aliphatic carbocycles. The van der Waals surface area contributed by atoms with E-state index in [1.165, 1.54) is 23.1 Å². The van der Waals surface area contributed by atoms with Gasteiger partial charge in [-0.15, -0.1) is 5.10 Å². The molecular weight excluding hydrogens is 240 g/mol. The zero-order chi connectivity index (χ0) is 12.6. The van der Waals surface area contributed by atoms with Crippen LogP contribution in [-0.4, -0.2) is 29.4 Å². The molecule has 6 nitrogen and oxygen atoms in total. The van der Waals surface area contributed by atoms with Gasteiger partial charge in [-0.05, 0) is 24.3 Å². The van der Waals surface area contributed by atoms with Gasteiger partial charge in [-0.1, -0.05) is 0 Å². The monoisotopic (exact) mass is 252 g/mol. The van der Waals surface area contributed by atoms with Crippen LogP contribution in [0.3, 0.4) is 0 Å². The van der Waals surface area contributed by atoms with Crippen LogP contribution in [0.2, 0.25) is 0 Å². The minimum absolute atomic E-state index is 0.269. The zero-order valence-electron chi connectivity index (χ0n) is 9.45. The number of sulfone groups is 1. The summed E-state index contributed by atoms with van der Waals surface area (Å²) in [5.41, 5.74) is 6.30.